The molecule has 30 heavy (non-hydrogen) atoms. The van der Waals surface area contributed by atoms with Gasteiger partial charge in [-0.05, 0) is 54.3 Å². The zero-order valence-corrected chi connectivity index (χ0v) is 18.0. The standard InChI is InChI=1S/C23H25ClN4O2/c1-16-13-19(7-8-21(16)24)28(11-4-10-25)23(30)15-27-12-9-20-18(14-27)5-3-6-22(20)26-17(2)29/h3,5-8,13H,4,9,11-12,14-15H2,1-2H3,(H,26,29). The van der Waals surface area contributed by atoms with Gasteiger partial charge in [-0.25, -0.2) is 0 Å². The third-order valence-electron chi connectivity index (χ3n) is 5.22. The van der Waals surface area contributed by atoms with E-state index >= 15 is 0 Å². The maximum absolute atomic E-state index is 13.1. The number of aryl methyl sites for hydroxylation is 1. The van der Waals surface area contributed by atoms with Crippen molar-refractivity contribution in [3.8, 4) is 6.07 Å². The third-order valence-corrected chi connectivity index (χ3v) is 5.64. The molecule has 0 aliphatic carbocycles. The van der Waals surface area contributed by atoms with Crippen molar-refractivity contribution in [1.29, 1.82) is 5.26 Å². The van der Waals surface area contributed by atoms with Crippen LogP contribution in [0, 0.1) is 18.3 Å². The molecule has 0 saturated heterocycles. The molecule has 0 spiro atoms. The number of nitrogens with zero attached hydrogens (tertiary/aromatic N) is 3. The van der Waals surface area contributed by atoms with Gasteiger partial charge in [0, 0.05) is 43.0 Å². The number of halogens is 1. The van der Waals surface area contributed by atoms with Crippen molar-refractivity contribution in [2.75, 3.05) is 29.9 Å². The fourth-order valence-electron chi connectivity index (χ4n) is 3.74. The number of rotatable bonds is 6. The Balaban J connectivity index is 1.74. The van der Waals surface area contributed by atoms with Crippen molar-refractivity contribution < 1.29 is 9.59 Å². The molecule has 2 aromatic carbocycles. The van der Waals surface area contributed by atoms with Crippen LogP contribution in [0.5, 0.6) is 0 Å². The average molecular weight is 425 g/mol. The van der Waals surface area contributed by atoms with Gasteiger partial charge in [0.15, 0.2) is 0 Å². The van der Waals surface area contributed by atoms with E-state index in [0.717, 1.165) is 41.0 Å². The highest BCUT2D eigenvalue weighted by atomic mass is 35.5. The molecule has 0 fully saturated rings. The smallest absolute Gasteiger partial charge is 0.241 e. The highest BCUT2D eigenvalue weighted by molar-refractivity contribution is 6.31. The van der Waals surface area contributed by atoms with Crippen molar-refractivity contribution in [3.63, 3.8) is 0 Å². The van der Waals surface area contributed by atoms with E-state index in [4.69, 9.17) is 16.9 Å². The van der Waals surface area contributed by atoms with Gasteiger partial charge in [-0.2, -0.15) is 5.26 Å². The summed E-state index contributed by atoms with van der Waals surface area (Å²) < 4.78 is 0. The van der Waals surface area contributed by atoms with Crippen molar-refractivity contribution in [2.45, 2.75) is 33.2 Å². The van der Waals surface area contributed by atoms with E-state index in [9.17, 15) is 9.59 Å². The summed E-state index contributed by atoms with van der Waals surface area (Å²) in [6, 6.07) is 13.5. The van der Waals surface area contributed by atoms with E-state index in [1.807, 2.05) is 37.3 Å². The average Bonchev–Trinajstić information content (AvgIpc) is 2.70. The molecule has 1 aliphatic heterocycles. The molecule has 1 aliphatic rings. The van der Waals surface area contributed by atoms with Crippen LogP contribution in [0.2, 0.25) is 5.02 Å². The van der Waals surface area contributed by atoms with Crippen LogP contribution in [0.25, 0.3) is 0 Å². The monoisotopic (exact) mass is 424 g/mol. The van der Waals surface area contributed by atoms with Crippen LogP contribution in [0.15, 0.2) is 36.4 Å². The van der Waals surface area contributed by atoms with E-state index in [1.54, 1.807) is 11.0 Å². The summed E-state index contributed by atoms with van der Waals surface area (Å²) in [5.74, 6) is -0.138. The van der Waals surface area contributed by atoms with Crippen molar-refractivity contribution in [3.05, 3.63) is 58.1 Å². The second-order valence-corrected chi connectivity index (χ2v) is 7.88. The predicted octanol–water partition coefficient (Wildman–Crippen LogP) is 3.91. The number of anilines is 2. The lowest BCUT2D eigenvalue weighted by molar-refractivity contribution is -0.120. The lowest BCUT2D eigenvalue weighted by Crippen LogP contribution is -2.43. The minimum absolute atomic E-state index is 0.0477. The molecule has 0 radical (unpaired) electrons. The Hall–Kier alpha value is -2.88. The number of nitriles is 1. The number of carbonyl (C=O) groups excluding carboxylic acids is 2. The molecule has 0 bridgehead atoms. The van der Waals surface area contributed by atoms with Gasteiger partial charge in [-0.3, -0.25) is 14.5 Å². The molecule has 0 atom stereocenters. The summed E-state index contributed by atoms with van der Waals surface area (Å²) in [5.41, 5.74) is 4.74. The number of hydrogen-bond donors (Lipinski definition) is 1. The number of carbonyl (C=O) groups is 2. The Kier molecular flexibility index (Phi) is 7.09. The molecule has 1 heterocycles. The van der Waals surface area contributed by atoms with Gasteiger partial charge < -0.3 is 10.2 Å². The molecule has 0 aromatic heterocycles. The minimum Gasteiger partial charge on any atom is -0.326 e. The molecule has 0 saturated carbocycles. The van der Waals surface area contributed by atoms with Gasteiger partial charge in [0.1, 0.15) is 0 Å². The predicted molar refractivity (Wildman–Crippen MR) is 118 cm³/mol. The zero-order valence-electron chi connectivity index (χ0n) is 17.2. The van der Waals surface area contributed by atoms with Crippen LogP contribution >= 0.6 is 11.6 Å². The first-order chi connectivity index (χ1) is 14.4. The van der Waals surface area contributed by atoms with Crippen molar-refractivity contribution in [1.82, 2.24) is 4.90 Å². The summed E-state index contributed by atoms with van der Waals surface area (Å²) in [5, 5.41) is 12.5. The first-order valence-corrected chi connectivity index (χ1v) is 10.3. The quantitative estimate of drug-likeness (QED) is 0.762. The van der Waals surface area contributed by atoms with Crippen molar-refractivity contribution in [2.24, 2.45) is 0 Å². The molecule has 6 nitrogen and oxygen atoms in total. The Morgan fingerprint density at radius 1 is 1.30 bits per heavy atom. The second kappa shape index (κ2) is 9.75. The van der Waals surface area contributed by atoms with E-state index in [2.05, 4.69) is 16.3 Å². The normalized spacial score (nSPS) is 13.3. The second-order valence-electron chi connectivity index (χ2n) is 7.47. The first kappa shape index (κ1) is 21.8. The highest BCUT2D eigenvalue weighted by Gasteiger charge is 2.24. The fraction of sp³-hybridized carbons (Fsp3) is 0.348. The third kappa shape index (κ3) is 5.18. The van der Waals surface area contributed by atoms with E-state index < -0.39 is 0 Å². The van der Waals surface area contributed by atoms with Crippen LogP contribution in [-0.2, 0) is 22.6 Å². The summed E-state index contributed by atoms with van der Waals surface area (Å²) in [4.78, 5) is 28.3. The van der Waals surface area contributed by atoms with Gasteiger partial charge in [0.05, 0.1) is 19.0 Å². The summed E-state index contributed by atoms with van der Waals surface area (Å²) in [7, 11) is 0. The molecule has 156 valence electrons. The van der Waals surface area contributed by atoms with Crippen molar-refractivity contribution >= 4 is 34.8 Å². The van der Waals surface area contributed by atoms with E-state index in [1.165, 1.54) is 6.92 Å². The molecule has 3 rings (SSSR count). The fourth-order valence-corrected chi connectivity index (χ4v) is 3.86. The van der Waals surface area contributed by atoms with Gasteiger partial charge >= 0.3 is 0 Å². The Bertz CT molecular complexity index is 999. The molecular formula is C23H25ClN4O2. The molecular weight excluding hydrogens is 400 g/mol. The Labute approximate surface area is 182 Å². The lowest BCUT2D eigenvalue weighted by atomic mass is 9.97. The Morgan fingerprint density at radius 2 is 2.10 bits per heavy atom. The summed E-state index contributed by atoms with van der Waals surface area (Å²) >= 11 is 6.13. The van der Waals surface area contributed by atoms with Gasteiger partial charge in [-0.1, -0.05) is 23.7 Å². The van der Waals surface area contributed by atoms with Crippen LogP contribution in [-0.4, -0.2) is 36.3 Å². The molecule has 2 amide bonds. The topological polar surface area (TPSA) is 76.4 Å². The molecule has 0 unspecified atom stereocenters. The molecule has 1 N–H and O–H groups in total. The number of hydrogen-bond acceptors (Lipinski definition) is 4. The maximum Gasteiger partial charge on any atom is 0.241 e. The van der Waals surface area contributed by atoms with Crippen LogP contribution in [0.3, 0.4) is 0 Å². The highest BCUT2D eigenvalue weighted by Crippen LogP contribution is 2.27. The van der Waals surface area contributed by atoms with Crippen LogP contribution in [0.4, 0.5) is 11.4 Å². The van der Waals surface area contributed by atoms with Gasteiger partial charge in [0.2, 0.25) is 11.8 Å². The largest absolute Gasteiger partial charge is 0.326 e. The Morgan fingerprint density at radius 3 is 2.80 bits per heavy atom. The number of fused-ring (bicyclic) bond motifs is 1. The SMILES string of the molecule is CC(=O)Nc1cccc2c1CCN(CC(=O)N(CCC#N)c1ccc(Cl)c(C)c1)C2. The molecule has 2 aromatic rings. The zero-order chi connectivity index (χ0) is 21.7. The van der Waals surface area contributed by atoms with Gasteiger partial charge in [0.25, 0.3) is 0 Å². The number of amides is 2. The minimum atomic E-state index is -0.0904. The first-order valence-electron chi connectivity index (χ1n) is 9.93. The molecule has 7 heteroatoms. The van der Waals surface area contributed by atoms with Gasteiger partial charge in [-0.15, -0.1) is 0 Å². The van der Waals surface area contributed by atoms with E-state index in [0.29, 0.717) is 18.1 Å². The maximum atomic E-state index is 13.1. The van der Waals surface area contributed by atoms with Crippen LogP contribution < -0.4 is 10.2 Å². The summed E-state index contributed by atoms with van der Waals surface area (Å²) in [6.07, 6.45) is 1.02. The van der Waals surface area contributed by atoms with Crippen LogP contribution in [0.1, 0.15) is 30.0 Å². The number of benzene rings is 2. The number of nitrogens with one attached hydrogen (secondary N) is 1. The van der Waals surface area contributed by atoms with E-state index in [-0.39, 0.29) is 24.8 Å². The summed E-state index contributed by atoms with van der Waals surface area (Å²) in [6.45, 7) is 5.36. The lowest BCUT2D eigenvalue weighted by Gasteiger charge is -2.31.